The fourth-order valence-corrected chi connectivity index (χ4v) is 3.82. The molecule has 2 N–H and O–H groups in total. The summed E-state index contributed by atoms with van der Waals surface area (Å²) in [6, 6.07) is 16.4. The van der Waals surface area contributed by atoms with E-state index in [2.05, 4.69) is 10.0 Å². The van der Waals surface area contributed by atoms with Gasteiger partial charge in [0.25, 0.3) is 5.91 Å². The third-order valence-corrected chi connectivity index (χ3v) is 5.86. The van der Waals surface area contributed by atoms with Crippen molar-refractivity contribution >= 4 is 33.2 Å². The van der Waals surface area contributed by atoms with Gasteiger partial charge in [-0.05, 0) is 54.6 Å². The first-order valence-corrected chi connectivity index (χ1v) is 10.8. The minimum absolute atomic E-state index is 0.170. The van der Waals surface area contributed by atoms with Crippen molar-refractivity contribution in [3.8, 4) is 11.5 Å². The van der Waals surface area contributed by atoms with Crippen LogP contribution in [0.2, 0.25) is 5.02 Å². The van der Waals surface area contributed by atoms with E-state index in [1.807, 2.05) is 0 Å². The molecule has 3 aromatic carbocycles. The first-order chi connectivity index (χ1) is 14.3. The summed E-state index contributed by atoms with van der Waals surface area (Å²) >= 11 is 6.06. The Balaban J connectivity index is 1.75. The lowest BCUT2D eigenvalue weighted by Gasteiger charge is -2.10. The molecule has 156 valence electrons. The second kappa shape index (κ2) is 9.25. The van der Waals surface area contributed by atoms with Crippen molar-refractivity contribution in [3.05, 3.63) is 83.1 Å². The SMILES string of the molecule is CCNS(=O)(=O)c1ccc(F)c(C(=O)Nc2ccc(Oc3ccccc3Cl)cc2)c1. The van der Waals surface area contributed by atoms with Gasteiger partial charge >= 0.3 is 0 Å². The maximum atomic E-state index is 14.1. The van der Waals surface area contributed by atoms with Crippen LogP contribution >= 0.6 is 11.6 Å². The maximum absolute atomic E-state index is 14.1. The largest absolute Gasteiger partial charge is 0.456 e. The molecule has 0 saturated heterocycles. The summed E-state index contributed by atoms with van der Waals surface area (Å²) in [5, 5.41) is 2.99. The summed E-state index contributed by atoms with van der Waals surface area (Å²) in [6.07, 6.45) is 0. The van der Waals surface area contributed by atoms with Crippen LogP contribution in [0.3, 0.4) is 0 Å². The van der Waals surface area contributed by atoms with E-state index in [9.17, 15) is 17.6 Å². The van der Waals surface area contributed by atoms with Gasteiger partial charge in [-0.3, -0.25) is 4.79 Å². The lowest BCUT2D eigenvalue weighted by atomic mass is 10.2. The molecule has 0 saturated carbocycles. The van der Waals surface area contributed by atoms with E-state index in [1.165, 1.54) is 0 Å². The molecule has 0 aliphatic carbocycles. The zero-order chi connectivity index (χ0) is 21.7. The van der Waals surface area contributed by atoms with E-state index in [1.54, 1.807) is 55.5 Å². The van der Waals surface area contributed by atoms with E-state index < -0.39 is 21.7 Å². The third kappa shape index (κ3) is 5.15. The van der Waals surface area contributed by atoms with Crippen molar-refractivity contribution in [2.45, 2.75) is 11.8 Å². The fraction of sp³-hybridized carbons (Fsp3) is 0.0952. The molecule has 0 radical (unpaired) electrons. The number of carbonyl (C=O) groups is 1. The van der Waals surface area contributed by atoms with Crippen LogP contribution in [0.5, 0.6) is 11.5 Å². The predicted octanol–water partition coefficient (Wildman–Crippen LogP) is 4.82. The predicted molar refractivity (Wildman–Crippen MR) is 113 cm³/mol. The van der Waals surface area contributed by atoms with E-state index in [4.69, 9.17) is 16.3 Å². The normalized spacial score (nSPS) is 11.2. The van der Waals surface area contributed by atoms with Gasteiger partial charge in [0.05, 0.1) is 15.5 Å². The quantitative estimate of drug-likeness (QED) is 0.542. The van der Waals surface area contributed by atoms with Gasteiger partial charge in [-0.1, -0.05) is 30.7 Å². The van der Waals surface area contributed by atoms with Crippen LogP contribution in [-0.2, 0) is 10.0 Å². The highest BCUT2D eigenvalue weighted by Crippen LogP contribution is 2.29. The molecular formula is C21H18ClFN2O4S. The number of sulfonamides is 1. The van der Waals surface area contributed by atoms with E-state index in [0.717, 1.165) is 18.2 Å². The highest BCUT2D eigenvalue weighted by molar-refractivity contribution is 7.89. The molecule has 0 aliphatic heterocycles. The smallest absolute Gasteiger partial charge is 0.258 e. The number of benzene rings is 3. The minimum Gasteiger partial charge on any atom is -0.456 e. The number of halogens is 2. The molecule has 6 nitrogen and oxygen atoms in total. The summed E-state index contributed by atoms with van der Waals surface area (Å²) in [5.74, 6) is -0.634. The summed E-state index contributed by atoms with van der Waals surface area (Å²) in [5.41, 5.74) is -0.00350. The van der Waals surface area contributed by atoms with Crippen molar-refractivity contribution in [3.63, 3.8) is 0 Å². The van der Waals surface area contributed by atoms with Gasteiger partial charge < -0.3 is 10.1 Å². The van der Waals surface area contributed by atoms with Gasteiger partial charge in [-0.25, -0.2) is 17.5 Å². The number of amides is 1. The summed E-state index contributed by atoms with van der Waals surface area (Å²) < 4.78 is 46.3. The Morgan fingerprint density at radius 1 is 1.07 bits per heavy atom. The zero-order valence-electron chi connectivity index (χ0n) is 15.9. The second-order valence-corrected chi connectivity index (χ2v) is 8.33. The van der Waals surface area contributed by atoms with Crippen LogP contribution in [0.1, 0.15) is 17.3 Å². The molecular weight excluding hydrogens is 431 g/mol. The van der Waals surface area contributed by atoms with Crippen molar-refractivity contribution < 1.29 is 22.3 Å². The van der Waals surface area contributed by atoms with Crippen molar-refractivity contribution in [1.29, 1.82) is 0 Å². The van der Waals surface area contributed by atoms with Crippen LogP contribution in [0.4, 0.5) is 10.1 Å². The van der Waals surface area contributed by atoms with E-state index in [0.29, 0.717) is 22.2 Å². The maximum Gasteiger partial charge on any atom is 0.258 e. The summed E-state index contributed by atoms with van der Waals surface area (Å²) in [6.45, 7) is 1.79. The minimum atomic E-state index is -3.82. The van der Waals surface area contributed by atoms with Gasteiger partial charge in [0.1, 0.15) is 17.3 Å². The van der Waals surface area contributed by atoms with Gasteiger partial charge in [0.15, 0.2) is 0 Å². The highest BCUT2D eigenvalue weighted by atomic mass is 35.5. The molecule has 0 aromatic heterocycles. The Hall–Kier alpha value is -2.94. The fourth-order valence-electron chi connectivity index (χ4n) is 2.58. The number of nitrogens with one attached hydrogen (secondary N) is 2. The second-order valence-electron chi connectivity index (χ2n) is 6.15. The average molecular weight is 449 g/mol. The Kier molecular flexibility index (Phi) is 6.71. The van der Waals surface area contributed by atoms with Gasteiger partial charge in [-0.2, -0.15) is 0 Å². The van der Waals surface area contributed by atoms with Crippen LogP contribution < -0.4 is 14.8 Å². The van der Waals surface area contributed by atoms with Crippen molar-refractivity contribution in [2.75, 3.05) is 11.9 Å². The Morgan fingerprint density at radius 3 is 2.43 bits per heavy atom. The highest BCUT2D eigenvalue weighted by Gasteiger charge is 2.19. The lowest BCUT2D eigenvalue weighted by molar-refractivity contribution is 0.102. The number of anilines is 1. The number of hydrogen-bond donors (Lipinski definition) is 2. The van der Waals surface area contributed by atoms with Crippen LogP contribution in [0, 0.1) is 5.82 Å². The molecule has 30 heavy (non-hydrogen) atoms. The molecule has 0 atom stereocenters. The summed E-state index contributed by atoms with van der Waals surface area (Å²) in [7, 11) is -3.82. The molecule has 0 heterocycles. The van der Waals surface area contributed by atoms with Crippen LogP contribution in [-0.4, -0.2) is 20.9 Å². The molecule has 3 rings (SSSR count). The van der Waals surface area contributed by atoms with Crippen molar-refractivity contribution in [2.24, 2.45) is 0 Å². The first-order valence-electron chi connectivity index (χ1n) is 8.93. The van der Waals surface area contributed by atoms with Gasteiger partial charge in [0, 0.05) is 12.2 Å². The monoisotopic (exact) mass is 448 g/mol. The number of hydrogen-bond acceptors (Lipinski definition) is 4. The Labute approximate surface area is 178 Å². The number of ether oxygens (including phenoxy) is 1. The number of rotatable bonds is 7. The van der Waals surface area contributed by atoms with E-state index >= 15 is 0 Å². The topological polar surface area (TPSA) is 84.5 Å². The van der Waals surface area contributed by atoms with Crippen LogP contribution in [0.25, 0.3) is 0 Å². The lowest BCUT2D eigenvalue weighted by Crippen LogP contribution is -2.24. The average Bonchev–Trinajstić information content (AvgIpc) is 2.71. The van der Waals surface area contributed by atoms with Crippen molar-refractivity contribution in [1.82, 2.24) is 4.72 Å². The first kappa shape index (κ1) is 21.8. The zero-order valence-corrected chi connectivity index (χ0v) is 17.4. The number of para-hydroxylation sites is 1. The standard InChI is InChI=1S/C21H18ClFN2O4S/c1-2-24-30(27,28)16-11-12-19(23)17(13-16)21(26)25-14-7-9-15(10-8-14)29-20-6-4-3-5-18(20)22/h3-13,24H,2H2,1H3,(H,25,26). The Bertz CT molecular complexity index is 1170. The number of carbonyl (C=O) groups excluding carboxylic acids is 1. The van der Waals surface area contributed by atoms with Gasteiger partial charge in [-0.15, -0.1) is 0 Å². The summed E-state index contributed by atoms with van der Waals surface area (Å²) in [4.78, 5) is 12.3. The molecule has 3 aromatic rings. The molecule has 0 spiro atoms. The molecule has 0 aliphatic rings. The van der Waals surface area contributed by atoms with Crippen LogP contribution in [0.15, 0.2) is 71.6 Å². The molecule has 0 fully saturated rings. The molecule has 1 amide bonds. The van der Waals surface area contributed by atoms with E-state index in [-0.39, 0.29) is 17.0 Å². The molecule has 0 bridgehead atoms. The third-order valence-electron chi connectivity index (χ3n) is 4.00. The molecule has 0 unspecified atom stereocenters. The Morgan fingerprint density at radius 2 is 1.77 bits per heavy atom. The van der Waals surface area contributed by atoms with Gasteiger partial charge in [0.2, 0.25) is 10.0 Å². The molecule has 9 heteroatoms.